The van der Waals surface area contributed by atoms with Crippen LogP contribution in [-0.4, -0.2) is 52.9 Å². The van der Waals surface area contributed by atoms with Crippen molar-refractivity contribution in [2.75, 3.05) is 37.8 Å². The van der Waals surface area contributed by atoms with E-state index in [1.54, 1.807) is 24.5 Å². The molecule has 3 N–H and O–H groups in total. The molecule has 1 amide bonds. The topological polar surface area (TPSA) is 119 Å². The highest BCUT2D eigenvalue weighted by molar-refractivity contribution is 5.99. The Kier molecular flexibility index (Phi) is 9.91. The lowest BCUT2D eigenvalue weighted by molar-refractivity contribution is 0.0940. The summed E-state index contributed by atoms with van der Waals surface area (Å²) >= 11 is 0. The smallest absolute Gasteiger partial charge is 0.255 e. The van der Waals surface area contributed by atoms with Crippen molar-refractivity contribution in [3.8, 4) is 17.3 Å². The number of amides is 1. The van der Waals surface area contributed by atoms with Crippen molar-refractivity contribution in [2.45, 2.75) is 25.9 Å². The number of carbonyl (C=O) groups excluding carboxylic acids is 1. The Bertz CT molecular complexity index is 1480. The second-order valence-corrected chi connectivity index (χ2v) is 9.90. The van der Waals surface area contributed by atoms with Crippen LogP contribution < -0.4 is 16.0 Å². The summed E-state index contributed by atoms with van der Waals surface area (Å²) in [5, 5.41) is 18.7. The lowest BCUT2D eigenvalue weighted by Crippen LogP contribution is -2.28. The molecule has 0 saturated heterocycles. The summed E-state index contributed by atoms with van der Waals surface area (Å²) in [5.41, 5.74) is 3.96. The van der Waals surface area contributed by atoms with Crippen LogP contribution in [0, 0.1) is 17.1 Å². The molecule has 4 aromatic rings. The Morgan fingerprint density at radius 2 is 1.76 bits per heavy atom. The maximum absolute atomic E-state index is 13.3. The molecule has 4 rings (SSSR count). The van der Waals surface area contributed by atoms with Crippen LogP contribution in [0.5, 0.6) is 0 Å². The van der Waals surface area contributed by atoms with Gasteiger partial charge in [0.1, 0.15) is 23.5 Å². The van der Waals surface area contributed by atoms with Gasteiger partial charge in [-0.25, -0.2) is 14.4 Å². The Morgan fingerprint density at radius 1 is 1.00 bits per heavy atom. The van der Waals surface area contributed by atoms with Gasteiger partial charge in [-0.3, -0.25) is 9.78 Å². The zero-order valence-corrected chi connectivity index (χ0v) is 23.4. The number of carbonyl (C=O) groups is 1. The van der Waals surface area contributed by atoms with E-state index in [-0.39, 0.29) is 23.0 Å². The lowest BCUT2D eigenvalue weighted by Gasteiger charge is -2.16. The Balaban J connectivity index is 1.38. The molecule has 0 fully saturated rings. The van der Waals surface area contributed by atoms with Gasteiger partial charge in [0.05, 0.1) is 35.3 Å². The molecule has 0 bridgehead atoms. The molecule has 2 heterocycles. The fraction of sp³-hybridized carbons (Fsp3) is 0.258. The predicted octanol–water partition coefficient (Wildman–Crippen LogP) is 5.02. The van der Waals surface area contributed by atoms with Gasteiger partial charge < -0.3 is 20.9 Å². The van der Waals surface area contributed by atoms with Gasteiger partial charge in [0.2, 0.25) is 0 Å². The molecule has 0 aliphatic carbocycles. The highest BCUT2D eigenvalue weighted by Crippen LogP contribution is 2.21. The number of hydrogen-bond acceptors (Lipinski definition) is 8. The summed E-state index contributed by atoms with van der Waals surface area (Å²) in [6.45, 7) is 4.06. The van der Waals surface area contributed by atoms with Crippen LogP contribution in [0.1, 0.15) is 46.4 Å². The van der Waals surface area contributed by atoms with Crippen LogP contribution in [0.4, 0.5) is 16.0 Å². The van der Waals surface area contributed by atoms with Gasteiger partial charge in [-0.2, -0.15) is 5.26 Å². The van der Waals surface area contributed by atoms with Crippen LogP contribution in [0.25, 0.3) is 11.3 Å². The summed E-state index contributed by atoms with van der Waals surface area (Å²) in [6, 6.07) is 17.0. The predicted molar refractivity (Wildman–Crippen MR) is 158 cm³/mol. The number of anilines is 2. The third-order valence-electron chi connectivity index (χ3n) is 6.43. The molecule has 0 unspecified atom stereocenters. The molecular weight excluding hydrogens is 519 g/mol. The Labute approximate surface area is 239 Å². The van der Waals surface area contributed by atoms with Crippen molar-refractivity contribution in [3.63, 3.8) is 0 Å². The number of aromatic nitrogens is 3. The number of nitrogens with one attached hydrogen (secondary N) is 3. The second-order valence-electron chi connectivity index (χ2n) is 9.90. The lowest BCUT2D eigenvalue weighted by atomic mass is 10.1. The summed E-state index contributed by atoms with van der Waals surface area (Å²) in [6.07, 6.45) is 5.93. The van der Waals surface area contributed by atoms with Crippen molar-refractivity contribution in [2.24, 2.45) is 0 Å². The van der Waals surface area contributed by atoms with E-state index in [2.05, 4.69) is 49.9 Å². The average molecular weight is 553 g/mol. The van der Waals surface area contributed by atoms with Gasteiger partial charge in [-0.1, -0.05) is 36.4 Å². The first-order valence-electron chi connectivity index (χ1n) is 13.3. The number of nitriles is 1. The van der Waals surface area contributed by atoms with E-state index in [1.165, 1.54) is 24.4 Å². The molecule has 0 aliphatic heterocycles. The number of hydrogen-bond donors (Lipinski definition) is 3. The van der Waals surface area contributed by atoms with Gasteiger partial charge in [-0.15, -0.1) is 0 Å². The van der Waals surface area contributed by atoms with Crippen LogP contribution in [0.3, 0.4) is 0 Å². The Hall–Kier alpha value is -4.88. The second kappa shape index (κ2) is 14.0. The normalized spacial score (nSPS) is 11.5. The first kappa shape index (κ1) is 29.1. The molecule has 9 nitrogen and oxygen atoms in total. The largest absolute Gasteiger partial charge is 0.369 e. The third-order valence-corrected chi connectivity index (χ3v) is 6.43. The zero-order valence-electron chi connectivity index (χ0n) is 23.4. The van der Waals surface area contributed by atoms with Crippen LogP contribution in [0.2, 0.25) is 0 Å². The van der Waals surface area contributed by atoms with Gasteiger partial charge in [-0.05, 0) is 63.3 Å². The molecular formula is C31H33FN8O. The SMILES string of the molecule is C[C@H](NC(=O)c1cc(C#N)cnc1NCc1ccc(-c2cnc(NCCCN(C)C)cn2)cc1)c1ccc(F)cc1. The van der Waals surface area contributed by atoms with Crippen LogP contribution in [-0.2, 0) is 6.54 Å². The van der Waals surface area contributed by atoms with Crippen LogP contribution in [0.15, 0.2) is 73.2 Å². The van der Waals surface area contributed by atoms with E-state index < -0.39 is 5.91 Å². The highest BCUT2D eigenvalue weighted by atomic mass is 19.1. The number of pyridine rings is 1. The Morgan fingerprint density at radius 3 is 2.41 bits per heavy atom. The van der Waals surface area contributed by atoms with Gasteiger partial charge in [0, 0.05) is 24.8 Å². The summed E-state index contributed by atoms with van der Waals surface area (Å²) in [4.78, 5) is 28.6. The van der Waals surface area contributed by atoms with Crippen molar-refractivity contribution in [1.29, 1.82) is 5.26 Å². The summed E-state index contributed by atoms with van der Waals surface area (Å²) in [7, 11) is 4.10. The van der Waals surface area contributed by atoms with Gasteiger partial charge in [0.15, 0.2) is 0 Å². The van der Waals surface area contributed by atoms with Crippen molar-refractivity contribution < 1.29 is 9.18 Å². The average Bonchev–Trinajstić information content (AvgIpc) is 2.99. The van der Waals surface area contributed by atoms with E-state index in [0.29, 0.717) is 12.4 Å². The summed E-state index contributed by atoms with van der Waals surface area (Å²) < 4.78 is 13.3. The first-order valence-corrected chi connectivity index (χ1v) is 13.3. The minimum absolute atomic E-state index is 0.250. The summed E-state index contributed by atoms with van der Waals surface area (Å²) in [5.74, 6) is 0.368. The zero-order chi connectivity index (χ0) is 29.2. The maximum atomic E-state index is 13.3. The number of halogens is 1. The number of rotatable bonds is 12. The van der Waals surface area contributed by atoms with Crippen LogP contribution >= 0.6 is 0 Å². The first-order chi connectivity index (χ1) is 19.8. The van der Waals surface area contributed by atoms with E-state index in [0.717, 1.165) is 47.7 Å². The molecule has 41 heavy (non-hydrogen) atoms. The van der Waals surface area contributed by atoms with Crippen molar-refractivity contribution >= 4 is 17.5 Å². The van der Waals surface area contributed by atoms with E-state index in [4.69, 9.17) is 0 Å². The molecule has 0 radical (unpaired) electrons. The fourth-order valence-electron chi connectivity index (χ4n) is 4.11. The molecule has 210 valence electrons. The number of benzene rings is 2. The van der Waals surface area contributed by atoms with E-state index in [1.807, 2.05) is 37.3 Å². The fourth-order valence-corrected chi connectivity index (χ4v) is 4.11. The minimum atomic E-state index is -0.390. The third kappa shape index (κ3) is 8.30. The van der Waals surface area contributed by atoms with Gasteiger partial charge in [0.25, 0.3) is 5.91 Å². The van der Waals surface area contributed by atoms with Crippen molar-refractivity contribution in [3.05, 3.63) is 101 Å². The van der Waals surface area contributed by atoms with Crippen molar-refractivity contribution in [1.82, 2.24) is 25.2 Å². The molecule has 0 saturated carbocycles. The quantitative estimate of drug-likeness (QED) is 0.210. The highest BCUT2D eigenvalue weighted by Gasteiger charge is 2.17. The minimum Gasteiger partial charge on any atom is -0.369 e. The molecule has 1 atom stereocenters. The molecule has 10 heteroatoms. The molecule has 2 aromatic heterocycles. The molecule has 0 spiro atoms. The number of nitrogens with zero attached hydrogens (tertiary/aromatic N) is 5. The molecule has 0 aliphatic rings. The standard InChI is InChI=1S/C31H33FN8O/c1-21(24-9-11-26(32)12-10-24)39-31(41)27-15-23(16-33)18-38-30(27)37-17-22-5-7-25(8-6-22)28-19-36-29(20-35-28)34-13-4-14-40(2)3/h5-12,15,18-21H,4,13-14,17H2,1-3H3,(H,34,36)(H,37,38)(H,39,41)/t21-/m0/s1. The van der Waals surface area contributed by atoms with E-state index in [9.17, 15) is 14.4 Å². The monoisotopic (exact) mass is 552 g/mol. The van der Waals surface area contributed by atoms with E-state index >= 15 is 0 Å². The van der Waals surface area contributed by atoms with Gasteiger partial charge >= 0.3 is 0 Å². The molecule has 2 aromatic carbocycles. The maximum Gasteiger partial charge on any atom is 0.255 e.